The minimum absolute atomic E-state index is 0.0441. The number of carbonyl (C=O) groups excluding carboxylic acids is 1. The zero-order valence-electron chi connectivity index (χ0n) is 16.7. The molecule has 30 heavy (non-hydrogen) atoms. The van der Waals surface area contributed by atoms with Crippen molar-refractivity contribution in [2.24, 2.45) is 0 Å². The average molecular weight is 410 g/mol. The van der Waals surface area contributed by atoms with Crippen molar-refractivity contribution in [1.82, 2.24) is 20.3 Å². The molecule has 0 aliphatic rings. The van der Waals surface area contributed by atoms with Gasteiger partial charge in [0, 0.05) is 25.4 Å². The molecule has 0 bridgehead atoms. The van der Waals surface area contributed by atoms with Crippen LogP contribution in [0.15, 0.2) is 54.7 Å². The minimum atomic E-state index is -0.822. The summed E-state index contributed by atoms with van der Waals surface area (Å²) in [5.41, 5.74) is 0. The Morgan fingerprint density at radius 1 is 1.07 bits per heavy atom. The van der Waals surface area contributed by atoms with E-state index in [1.165, 1.54) is 12.1 Å². The molecule has 1 amide bonds. The van der Waals surface area contributed by atoms with Gasteiger partial charge in [0.2, 0.25) is 0 Å². The molecule has 3 rings (SSSR count). The summed E-state index contributed by atoms with van der Waals surface area (Å²) in [5.74, 6) is 1.70. The molecule has 3 N–H and O–H groups in total. The fraction of sp³-hybridized carbons (Fsp3) is 0.238. The largest absolute Gasteiger partial charge is 0.478 e. The Morgan fingerprint density at radius 3 is 2.60 bits per heavy atom. The number of aryl methyl sites for hydroxylation is 1. The minimum Gasteiger partial charge on any atom is -0.478 e. The van der Waals surface area contributed by atoms with Crippen LogP contribution in [0.1, 0.15) is 12.7 Å². The van der Waals surface area contributed by atoms with Crippen LogP contribution in [0.25, 0.3) is 0 Å². The highest BCUT2D eigenvalue weighted by Crippen LogP contribution is 2.17. The summed E-state index contributed by atoms with van der Waals surface area (Å²) < 4.78 is 19.0. The number of aromatic nitrogens is 3. The molecule has 2 aromatic heterocycles. The lowest BCUT2D eigenvalue weighted by Gasteiger charge is -2.15. The van der Waals surface area contributed by atoms with Gasteiger partial charge in [0.1, 0.15) is 23.3 Å². The van der Waals surface area contributed by atoms with Crippen molar-refractivity contribution < 1.29 is 13.9 Å². The highest BCUT2D eigenvalue weighted by atomic mass is 19.1. The highest BCUT2D eigenvalue weighted by molar-refractivity contribution is 5.80. The third-order valence-corrected chi connectivity index (χ3v) is 4.00. The highest BCUT2D eigenvalue weighted by Gasteiger charge is 2.15. The molecule has 2 heterocycles. The van der Waals surface area contributed by atoms with Crippen molar-refractivity contribution in [2.75, 3.05) is 23.7 Å². The van der Waals surface area contributed by atoms with Crippen LogP contribution in [-0.2, 0) is 4.79 Å². The molecule has 0 spiro atoms. The molecule has 0 aliphatic heterocycles. The number of pyridine rings is 1. The molecule has 0 aliphatic carbocycles. The number of ether oxygens (including phenoxy) is 1. The topological polar surface area (TPSA) is 101 Å². The zero-order chi connectivity index (χ0) is 21.3. The standard InChI is InChI=1S/C21H23FN6O2/c1-14(30-17-8-4-3-7-16(17)22)21(29)25-12-11-24-19-13-20(27-15(2)26-19)28-18-9-5-6-10-23-18/h3-10,13-14H,11-12H2,1-2H3,(H,25,29)(H2,23,24,26,27,28). The number of hydrogen-bond acceptors (Lipinski definition) is 7. The number of hydrogen-bond donors (Lipinski definition) is 3. The van der Waals surface area contributed by atoms with Crippen LogP contribution < -0.4 is 20.7 Å². The van der Waals surface area contributed by atoms with Gasteiger partial charge in [-0.2, -0.15) is 0 Å². The second-order valence-corrected chi connectivity index (χ2v) is 6.43. The van der Waals surface area contributed by atoms with Crippen LogP contribution in [0.2, 0.25) is 0 Å². The number of para-hydroxylation sites is 1. The number of nitrogens with one attached hydrogen (secondary N) is 3. The summed E-state index contributed by atoms with van der Waals surface area (Å²) in [6, 6.07) is 13.3. The lowest BCUT2D eigenvalue weighted by molar-refractivity contribution is -0.127. The van der Waals surface area contributed by atoms with Crippen LogP contribution in [0, 0.1) is 12.7 Å². The van der Waals surface area contributed by atoms with Crippen molar-refractivity contribution in [3.63, 3.8) is 0 Å². The maximum absolute atomic E-state index is 13.6. The number of carbonyl (C=O) groups is 1. The first-order chi connectivity index (χ1) is 14.5. The van der Waals surface area contributed by atoms with E-state index in [0.717, 1.165) is 0 Å². The predicted octanol–water partition coefficient (Wildman–Crippen LogP) is 3.06. The average Bonchev–Trinajstić information content (AvgIpc) is 2.73. The molecule has 8 nitrogen and oxygen atoms in total. The Balaban J connectivity index is 1.46. The number of amides is 1. The van der Waals surface area contributed by atoms with Gasteiger partial charge in [-0.15, -0.1) is 0 Å². The number of nitrogens with zero attached hydrogens (tertiary/aromatic N) is 3. The van der Waals surface area contributed by atoms with Crippen molar-refractivity contribution in [1.29, 1.82) is 0 Å². The molecule has 9 heteroatoms. The fourth-order valence-electron chi connectivity index (χ4n) is 2.59. The molecular weight excluding hydrogens is 387 g/mol. The van der Waals surface area contributed by atoms with Crippen molar-refractivity contribution in [3.8, 4) is 5.75 Å². The van der Waals surface area contributed by atoms with Gasteiger partial charge in [0.25, 0.3) is 5.91 Å². The third-order valence-electron chi connectivity index (χ3n) is 4.00. The van der Waals surface area contributed by atoms with Crippen LogP contribution in [-0.4, -0.2) is 40.1 Å². The first kappa shape index (κ1) is 21.0. The number of rotatable bonds is 9. The van der Waals surface area contributed by atoms with Crippen molar-refractivity contribution in [3.05, 3.63) is 66.4 Å². The van der Waals surface area contributed by atoms with Gasteiger partial charge in [-0.3, -0.25) is 4.79 Å². The van der Waals surface area contributed by atoms with E-state index < -0.39 is 11.9 Å². The van der Waals surface area contributed by atoms with Gasteiger partial charge in [0.15, 0.2) is 17.7 Å². The molecular formula is C21H23FN6O2. The lowest BCUT2D eigenvalue weighted by atomic mass is 10.3. The maximum atomic E-state index is 13.6. The Kier molecular flexibility index (Phi) is 7.09. The summed E-state index contributed by atoms with van der Waals surface area (Å²) in [4.78, 5) is 25.0. The van der Waals surface area contributed by atoms with Crippen LogP contribution in [0.4, 0.5) is 21.8 Å². The Bertz CT molecular complexity index is 986. The van der Waals surface area contributed by atoms with E-state index in [1.54, 1.807) is 38.2 Å². The molecule has 1 atom stereocenters. The van der Waals surface area contributed by atoms with E-state index in [9.17, 15) is 9.18 Å². The zero-order valence-corrected chi connectivity index (χ0v) is 16.7. The van der Waals surface area contributed by atoms with Gasteiger partial charge in [-0.25, -0.2) is 19.3 Å². The van der Waals surface area contributed by atoms with E-state index in [1.807, 2.05) is 18.2 Å². The molecule has 3 aromatic rings. The molecule has 0 saturated heterocycles. The molecule has 0 saturated carbocycles. The monoisotopic (exact) mass is 410 g/mol. The Morgan fingerprint density at radius 2 is 1.83 bits per heavy atom. The number of anilines is 3. The summed E-state index contributed by atoms with van der Waals surface area (Å²) in [6.07, 6.45) is 0.868. The molecule has 1 unspecified atom stereocenters. The van der Waals surface area contributed by atoms with Crippen molar-refractivity contribution in [2.45, 2.75) is 20.0 Å². The fourth-order valence-corrected chi connectivity index (χ4v) is 2.59. The van der Waals surface area contributed by atoms with Crippen molar-refractivity contribution >= 4 is 23.4 Å². The maximum Gasteiger partial charge on any atom is 0.260 e. The summed E-state index contributed by atoms with van der Waals surface area (Å²) in [6.45, 7) is 4.14. The van der Waals surface area contributed by atoms with Gasteiger partial charge < -0.3 is 20.7 Å². The summed E-state index contributed by atoms with van der Waals surface area (Å²) in [7, 11) is 0. The van der Waals surface area contributed by atoms with E-state index in [2.05, 4.69) is 30.9 Å². The normalized spacial score (nSPS) is 11.4. The van der Waals surface area contributed by atoms with E-state index in [4.69, 9.17) is 4.74 Å². The lowest BCUT2D eigenvalue weighted by Crippen LogP contribution is -2.38. The summed E-state index contributed by atoms with van der Waals surface area (Å²) >= 11 is 0. The quantitative estimate of drug-likeness (QED) is 0.466. The number of halogens is 1. The molecule has 1 aromatic carbocycles. The first-order valence-electron chi connectivity index (χ1n) is 9.48. The van der Waals surface area contributed by atoms with Gasteiger partial charge in [-0.1, -0.05) is 18.2 Å². The SMILES string of the molecule is Cc1nc(NCCNC(=O)C(C)Oc2ccccc2F)cc(Nc2ccccn2)n1. The predicted molar refractivity (Wildman–Crippen MR) is 112 cm³/mol. The van der Waals surface area contributed by atoms with Crippen LogP contribution in [0.5, 0.6) is 5.75 Å². The second kappa shape index (κ2) is 10.1. The second-order valence-electron chi connectivity index (χ2n) is 6.43. The first-order valence-corrected chi connectivity index (χ1v) is 9.48. The Hall–Kier alpha value is -3.75. The van der Waals surface area contributed by atoms with Crippen LogP contribution in [0.3, 0.4) is 0 Å². The summed E-state index contributed by atoms with van der Waals surface area (Å²) in [5, 5.41) is 9.00. The molecule has 0 fully saturated rings. The molecule has 0 radical (unpaired) electrons. The number of benzene rings is 1. The molecule has 156 valence electrons. The third kappa shape index (κ3) is 6.13. The van der Waals surface area contributed by atoms with E-state index in [0.29, 0.717) is 36.4 Å². The smallest absolute Gasteiger partial charge is 0.260 e. The Labute approximate surface area is 173 Å². The van der Waals surface area contributed by atoms with Gasteiger partial charge in [-0.05, 0) is 38.1 Å². The van der Waals surface area contributed by atoms with Crippen LogP contribution >= 0.6 is 0 Å². The van der Waals surface area contributed by atoms with Gasteiger partial charge >= 0.3 is 0 Å². The van der Waals surface area contributed by atoms with Gasteiger partial charge in [0.05, 0.1) is 0 Å². The van der Waals surface area contributed by atoms with E-state index in [-0.39, 0.29) is 11.7 Å². The van der Waals surface area contributed by atoms with E-state index >= 15 is 0 Å².